The topological polar surface area (TPSA) is 112 Å². The minimum Gasteiger partial charge on any atom is -0.494 e. The van der Waals surface area contributed by atoms with E-state index >= 15 is 0 Å². The van der Waals surface area contributed by atoms with E-state index in [1.54, 1.807) is 24.3 Å². The summed E-state index contributed by atoms with van der Waals surface area (Å²) in [6, 6.07) is 20.1. The molecule has 2 amide bonds. The lowest BCUT2D eigenvalue weighted by Gasteiger charge is -2.14. The average molecular weight is 469 g/mol. The molecule has 9 nitrogen and oxygen atoms in total. The number of ether oxygens (including phenoxy) is 2. The Bertz CT molecular complexity index is 1410. The van der Waals surface area contributed by atoms with E-state index in [1.807, 2.05) is 37.3 Å². The zero-order valence-electron chi connectivity index (χ0n) is 18.6. The van der Waals surface area contributed by atoms with E-state index in [9.17, 15) is 14.4 Å². The fourth-order valence-corrected chi connectivity index (χ4v) is 3.68. The largest absolute Gasteiger partial charge is 0.494 e. The number of nitrogens with zero attached hydrogens (tertiary/aromatic N) is 3. The molecule has 0 radical (unpaired) electrons. The molecular weight excluding hydrogens is 450 g/mol. The van der Waals surface area contributed by atoms with Crippen LogP contribution in [0.4, 0.5) is 5.69 Å². The molecule has 1 aliphatic heterocycles. The maximum absolute atomic E-state index is 13.0. The van der Waals surface area contributed by atoms with Crippen molar-refractivity contribution in [3.8, 4) is 17.2 Å². The first kappa shape index (κ1) is 22.0. The van der Waals surface area contributed by atoms with Crippen molar-refractivity contribution >= 4 is 23.5 Å². The van der Waals surface area contributed by atoms with Crippen molar-refractivity contribution < 1.29 is 28.3 Å². The predicted molar refractivity (Wildman–Crippen MR) is 124 cm³/mol. The molecule has 0 saturated heterocycles. The summed E-state index contributed by atoms with van der Waals surface area (Å²) in [4.78, 5) is 39.5. The summed E-state index contributed by atoms with van der Waals surface area (Å²) in [6.45, 7) is 2.14. The molecule has 0 spiro atoms. The number of imide groups is 1. The molecule has 2 heterocycles. The van der Waals surface area contributed by atoms with E-state index in [4.69, 9.17) is 13.9 Å². The average Bonchev–Trinajstić information content (AvgIpc) is 3.46. The second-order valence-corrected chi connectivity index (χ2v) is 7.58. The van der Waals surface area contributed by atoms with Gasteiger partial charge in [-0.05, 0) is 61.5 Å². The van der Waals surface area contributed by atoms with Gasteiger partial charge in [0.2, 0.25) is 5.89 Å². The zero-order chi connectivity index (χ0) is 24.4. The number of benzene rings is 3. The van der Waals surface area contributed by atoms with Gasteiger partial charge >= 0.3 is 5.97 Å². The van der Waals surface area contributed by atoms with Crippen molar-refractivity contribution in [2.75, 3.05) is 11.5 Å². The molecule has 0 fully saturated rings. The van der Waals surface area contributed by atoms with E-state index < -0.39 is 17.8 Å². The molecule has 4 aromatic rings. The Morgan fingerprint density at radius 1 is 0.914 bits per heavy atom. The Labute approximate surface area is 199 Å². The number of rotatable bonds is 7. The van der Waals surface area contributed by atoms with Gasteiger partial charge in [0.1, 0.15) is 5.75 Å². The molecule has 0 N–H and O–H groups in total. The molecule has 1 aliphatic rings. The highest BCUT2D eigenvalue weighted by molar-refractivity contribution is 6.34. The highest BCUT2D eigenvalue weighted by atomic mass is 16.5. The van der Waals surface area contributed by atoms with Gasteiger partial charge in [-0.1, -0.05) is 18.2 Å². The lowest BCUT2D eigenvalue weighted by atomic mass is 10.1. The van der Waals surface area contributed by atoms with Gasteiger partial charge in [0.05, 0.1) is 29.0 Å². The van der Waals surface area contributed by atoms with Crippen molar-refractivity contribution in [1.29, 1.82) is 0 Å². The Morgan fingerprint density at radius 2 is 1.66 bits per heavy atom. The minimum absolute atomic E-state index is 0.126. The summed E-state index contributed by atoms with van der Waals surface area (Å²) in [5, 5.41) is 7.84. The molecule has 3 aromatic carbocycles. The summed E-state index contributed by atoms with van der Waals surface area (Å²) in [5.74, 6) is -0.595. The number of fused-ring (bicyclic) bond motifs is 1. The molecule has 9 heteroatoms. The van der Waals surface area contributed by atoms with Crippen molar-refractivity contribution in [2.45, 2.75) is 13.5 Å². The van der Waals surface area contributed by atoms with Gasteiger partial charge in [-0.3, -0.25) is 9.59 Å². The maximum Gasteiger partial charge on any atom is 0.338 e. The molecule has 0 unspecified atom stereocenters. The van der Waals surface area contributed by atoms with Crippen LogP contribution in [-0.2, 0) is 11.3 Å². The Balaban J connectivity index is 1.29. The fraction of sp³-hybridized carbons (Fsp3) is 0.115. The first-order chi connectivity index (χ1) is 17.0. The smallest absolute Gasteiger partial charge is 0.338 e. The second-order valence-electron chi connectivity index (χ2n) is 7.58. The van der Waals surface area contributed by atoms with Crippen LogP contribution in [0.15, 0.2) is 77.2 Å². The normalized spacial score (nSPS) is 12.5. The van der Waals surface area contributed by atoms with Gasteiger partial charge in [-0.25, -0.2) is 9.69 Å². The standard InChI is InChI=1S/C26H19N3O6/c1-2-33-19-11-9-18(10-12-19)29-24(30)20-13-8-17(14-21(20)25(29)31)26(32)34-15-22-27-28-23(35-22)16-6-4-3-5-7-16/h3-14H,2,15H2,1H3. The Morgan fingerprint density at radius 3 is 2.40 bits per heavy atom. The van der Waals surface area contributed by atoms with E-state index in [1.165, 1.54) is 18.2 Å². The van der Waals surface area contributed by atoms with Crippen LogP contribution in [0.5, 0.6) is 5.75 Å². The third-order valence-electron chi connectivity index (χ3n) is 5.34. The van der Waals surface area contributed by atoms with Crippen molar-refractivity contribution in [2.24, 2.45) is 0 Å². The second kappa shape index (κ2) is 9.22. The van der Waals surface area contributed by atoms with E-state index in [0.717, 1.165) is 10.5 Å². The van der Waals surface area contributed by atoms with Crippen LogP contribution in [0.25, 0.3) is 11.5 Å². The van der Waals surface area contributed by atoms with Gasteiger partial charge in [-0.15, -0.1) is 10.2 Å². The van der Waals surface area contributed by atoms with Gasteiger partial charge in [0, 0.05) is 5.56 Å². The molecule has 174 valence electrons. The lowest BCUT2D eigenvalue weighted by molar-refractivity contribution is 0.0438. The summed E-state index contributed by atoms with van der Waals surface area (Å²) in [5.41, 5.74) is 1.62. The predicted octanol–water partition coefficient (Wildman–Crippen LogP) is 4.29. The number of amides is 2. The highest BCUT2D eigenvalue weighted by Gasteiger charge is 2.37. The van der Waals surface area contributed by atoms with Crippen LogP contribution >= 0.6 is 0 Å². The number of hydrogen-bond donors (Lipinski definition) is 0. The SMILES string of the molecule is CCOc1ccc(N2C(=O)c3ccc(C(=O)OCc4nnc(-c5ccccc5)o4)cc3C2=O)cc1. The molecule has 0 aliphatic carbocycles. The van der Waals surface area contributed by atoms with Gasteiger partial charge < -0.3 is 13.9 Å². The molecule has 1 aromatic heterocycles. The molecular formula is C26H19N3O6. The summed E-state index contributed by atoms with van der Waals surface area (Å²) in [7, 11) is 0. The minimum atomic E-state index is -0.688. The van der Waals surface area contributed by atoms with Gasteiger partial charge in [-0.2, -0.15) is 0 Å². The molecule has 5 rings (SSSR count). The number of anilines is 1. The van der Waals surface area contributed by atoms with Crippen LogP contribution in [0.2, 0.25) is 0 Å². The van der Waals surface area contributed by atoms with Crippen molar-refractivity contribution in [3.63, 3.8) is 0 Å². The molecule has 35 heavy (non-hydrogen) atoms. The van der Waals surface area contributed by atoms with Crippen molar-refractivity contribution in [3.05, 3.63) is 95.4 Å². The summed E-state index contributed by atoms with van der Waals surface area (Å²) >= 11 is 0. The van der Waals surface area contributed by atoms with E-state index in [-0.39, 0.29) is 29.2 Å². The van der Waals surface area contributed by atoms with Gasteiger partial charge in [0.25, 0.3) is 17.7 Å². The Hall–Kier alpha value is -4.79. The number of aromatic nitrogens is 2. The highest BCUT2D eigenvalue weighted by Crippen LogP contribution is 2.30. The first-order valence-corrected chi connectivity index (χ1v) is 10.9. The van der Waals surface area contributed by atoms with E-state index in [0.29, 0.717) is 23.9 Å². The van der Waals surface area contributed by atoms with Crippen LogP contribution in [-0.4, -0.2) is 34.6 Å². The molecule has 0 bridgehead atoms. The van der Waals surface area contributed by atoms with Crippen LogP contribution in [0.1, 0.15) is 43.9 Å². The third-order valence-corrected chi connectivity index (χ3v) is 5.34. The number of carbonyl (C=O) groups is 3. The van der Waals surface area contributed by atoms with E-state index in [2.05, 4.69) is 10.2 Å². The molecule has 0 atom stereocenters. The van der Waals surface area contributed by atoms with Gasteiger partial charge in [0.15, 0.2) is 6.61 Å². The maximum atomic E-state index is 13.0. The van der Waals surface area contributed by atoms with Crippen LogP contribution in [0, 0.1) is 0 Å². The molecule has 0 saturated carbocycles. The first-order valence-electron chi connectivity index (χ1n) is 10.9. The monoisotopic (exact) mass is 469 g/mol. The summed E-state index contributed by atoms with van der Waals surface area (Å²) in [6.07, 6.45) is 0. The Kier molecular flexibility index (Phi) is 5.80. The zero-order valence-corrected chi connectivity index (χ0v) is 18.6. The number of hydrogen-bond acceptors (Lipinski definition) is 8. The van der Waals surface area contributed by atoms with Crippen LogP contribution in [0.3, 0.4) is 0 Å². The van der Waals surface area contributed by atoms with Crippen molar-refractivity contribution in [1.82, 2.24) is 10.2 Å². The number of esters is 1. The van der Waals surface area contributed by atoms with Crippen LogP contribution < -0.4 is 9.64 Å². The number of carbonyl (C=O) groups excluding carboxylic acids is 3. The summed E-state index contributed by atoms with van der Waals surface area (Å²) < 4.78 is 16.2. The quantitative estimate of drug-likeness (QED) is 0.291. The fourth-order valence-electron chi connectivity index (χ4n) is 3.68. The lowest BCUT2D eigenvalue weighted by Crippen LogP contribution is -2.29. The third kappa shape index (κ3) is 4.26.